The number of hydrogen-bond acceptors (Lipinski definition) is 6. The van der Waals surface area contributed by atoms with Gasteiger partial charge in [0, 0.05) is 28.9 Å². The molecule has 2 aliphatic rings. The Morgan fingerprint density at radius 2 is 0.985 bits per heavy atom. The maximum Gasteiger partial charge on any atom is 0.335 e. The van der Waals surface area contributed by atoms with Crippen molar-refractivity contribution in [2.45, 2.75) is 240 Å². The van der Waals surface area contributed by atoms with Crippen molar-refractivity contribution >= 4 is 28.7 Å². The smallest absolute Gasteiger partial charge is 0.335 e. The summed E-state index contributed by atoms with van der Waals surface area (Å²) in [5.41, 5.74) is 2.89. The van der Waals surface area contributed by atoms with Gasteiger partial charge in [0.2, 0.25) is 11.4 Å². The van der Waals surface area contributed by atoms with Crippen LogP contribution in [0.2, 0.25) is 0 Å². The lowest BCUT2D eigenvalue weighted by atomic mass is 9.77. The van der Waals surface area contributed by atoms with Crippen molar-refractivity contribution in [2.24, 2.45) is 0 Å². The number of allylic oxidation sites excluding steroid dienone is 3. The SMILES string of the molecule is CCCCCCCCCCCCOc1cc(C2=C([O-])C(=CC3=[N+](CC)c4ccc(C(=O)O)cc4C3(C)C)C2=O)cc(OCCCCCCCCCCCC)c1OCCCCCCCCCCCC. The zero-order valence-electron chi connectivity index (χ0n) is 43.8. The van der Waals surface area contributed by atoms with Gasteiger partial charge in [-0.15, -0.1) is 0 Å². The lowest BCUT2D eigenvalue weighted by Gasteiger charge is -2.31. The van der Waals surface area contributed by atoms with Crippen LogP contribution in [0.3, 0.4) is 0 Å². The van der Waals surface area contributed by atoms with Gasteiger partial charge in [-0.3, -0.25) is 4.79 Å². The van der Waals surface area contributed by atoms with Crippen molar-refractivity contribution < 1.29 is 38.6 Å². The first-order valence-corrected chi connectivity index (χ1v) is 27.9. The van der Waals surface area contributed by atoms with Gasteiger partial charge in [0.05, 0.1) is 30.8 Å². The molecule has 2 aromatic carbocycles. The maximum absolute atomic E-state index is 14.2. The molecule has 0 radical (unpaired) electrons. The molecule has 2 aromatic rings. The Kier molecular flexibility index (Phi) is 26.5. The minimum Gasteiger partial charge on any atom is -0.871 e. The second-order valence-corrected chi connectivity index (χ2v) is 20.3. The van der Waals surface area contributed by atoms with Crippen molar-refractivity contribution in [3.05, 3.63) is 64.4 Å². The van der Waals surface area contributed by atoms with Crippen LogP contribution in [0.25, 0.3) is 5.57 Å². The van der Waals surface area contributed by atoms with E-state index in [0.717, 1.165) is 55.5 Å². The number of ketones is 1. The number of carbonyl (C=O) groups excluding carboxylic acids is 1. The van der Waals surface area contributed by atoms with Gasteiger partial charge in [-0.2, -0.15) is 4.58 Å². The number of ether oxygens (including phenoxy) is 3. The summed E-state index contributed by atoms with van der Waals surface area (Å²) in [5.74, 6) is 0.0222. The number of hydrogen-bond donors (Lipinski definition) is 1. The summed E-state index contributed by atoms with van der Waals surface area (Å²) in [4.78, 5) is 26.2. The van der Waals surface area contributed by atoms with E-state index in [-0.39, 0.29) is 28.3 Å². The van der Waals surface area contributed by atoms with Gasteiger partial charge in [-0.25, -0.2) is 4.79 Å². The lowest BCUT2D eigenvalue weighted by Crippen LogP contribution is -2.33. The third-order valence-electron chi connectivity index (χ3n) is 14.2. The summed E-state index contributed by atoms with van der Waals surface area (Å²) in [6, 6.07) is 8.80. The molecular formula is C60H93NO7. The Bertz CT molecular complexity index is 1870. The fourth-order valence-corrected chi connectivity index (χ4v) is 9.94. The molecule has 0 spiro atoms. The van der Waals surface area contributed by atoms with E-state index in [1.54, 1.807) is 18.2 Å². The highest BCUT2D eigenvalue weighted by atomic mass is 16.5. The number of carbonyl (C=O) groups is 2. The van der Waals surface area contributed by atoms with Crippen molar-refractivity contribution in [3.63, 3.8) is 0 Å². The fraction of sp³-hybridized carbons (Fsp3) is 0.683. The van der Waals surface area contributed by atoms with Gasteiger partial charge >= 0.3 is 5.97 Å². The number of benzene rings is 2. The molecule has 0 saturated carbocycles. The van der Waals surface area contributed by atoms with E-state index in [4.69, 9.17) is 14.2 Å². The molecule has 4 rings (SSSR count). The molecule has 1 aliphatic heterocycles. The normalized spacial score (nSPS) is 14.8. The molecule has 8 nitrogen and oxygen atoms in total. The Hall–Kier alpha value is -4.07. The summed E-state index contributed by atoms with van der Waals surface area (Å²) >= 11 is 0. The van der Waals surface area contributed by atoms with E-state index in [1.807, 2.05) is 39.0 Å². The topological polar surface area (TPSA) is 108 Å². The van der Waals surface area contributed by atoms with Gasteiger partial charge in [0.1, 0.15) is 6.54 Å². The van der Waals surface area contributed by atoms with E-state index >= 15 is 0 Å². The number of carboxylic acids is 1. The molecular weight excluding hydrogens is 847 g/mol. The van der Waals surface area contributed by atoms with Crippen molar-refractivity contribution in [3.8, 4) is 17.2 Å². The average molecular weight is 940 g/mol. The van der Waals surface area contributed by atoms with E-state index < -0.39 is 11.4 Å². The largest absolute Gasteiger partial charge is 0.871 e. The fourth-order valence-electron chi connectivity index (χ4n) is 9.94. The third-order valence-corrected chi connectivity index (χ3v) is 14.2. The van der Waals surface area contributed by atoms with E-state index in [0.29, 0.717) is 49.2 Å². The molecule has 380 valence electrons. The number of carboxylic acid groups (broad SMARTS) is 1. The molecule has 1 heterocycles. The van der Waals surface area contributed by atoms with Crippen molar-refractivity contribution in [1.29, 1.82) is 0 Å². The van der Waals surface area contributed by atoms with E-state index in [1.165, 1.54) is 154 Å². The first kappa shape index (κ1) is 56.5. The van der Waals surface area contributed by atoms with Crippen LogP contribution in [0.5, 0.6) is 17.2 Å². The molecule has 8 heteroatoms. The van der Waals surface area contributed by atoms with Gasteiger partial charge in [-0.1, -0.05) is 200 Å². The van der Waals surface area contributed by atoms with Crippen LogP contribution in [-0.2, 0) is 10.2 Å². The Morgan fingerprint density at radius 3 is 1.37 bits per heavy atom. The van der Waals surface area contributed by atoms with Crippen molar-refractivity contribution in [1.82, 2.24) is 0 Å². The number of nitrogens with zero attached hydrogens (tertiary/aromatic N) is 1. The van der Waals surface area contributed by atoms with Gasteiger partial charge in [0.15, 0.2) is 23.0 Å². The predicted molar refractivity (Wildman–Crippen MR) is 280 cm³/mol. The summed E-state index contributed by atoms with van der Waals surface area (Å²) < 4.78 is 21.8. The standard InChI is InChI=1S/C60H93NO7/c1-7-11-14-17-20-23-26-29-32-35-40-66-52-44-48(55-56(62)49(57(55)63)46-54-60(5,6)50-43-47(59(64)65)38-39-51(50)61(54)10-4)45-53(67-41-36-33-30-27-24-21-18-15-12-8-2)58(52)68-42-37-34-31-28-25-22-19-16-13-9-3/h38-39,43-46H,7-37,40-42H2,1-6H3,(H-,62,63,64,65). The molecule has 0 bridgehead atoms. The zero-order valence-corrected chi connectivity index (χ0v) is 43.8. The minimum absolute atomic E-state index is 0.134. The van der Waals surface area contributed by atoms with Crippen LogP contribution >= 0.6 is 0 Å². The maximum atomic E-state index is 14.2. The van der Waals surface area contributed by atoms with Gasteiger partial charge in [0.25, 0.3) is 0 Å². The van der Waals surface area contributed by atoms with Crippen LogP contribution < -0.4 is 19.3 Å². The number of unbranched alkanes of at least 4 members (excludes halogenated alkanes) is 27. The molecule has 0 fully saturated rings. The number of Topliss-reactive ketones (excluding diaryl/α,β-unsaturated/α-hetero) is 1. The number of rotatable bonds is 40. The summed E-state index contributed by atoms with van der Waals surface area (Å²) in [6.07, 6.45) is 38.7. The number of fused-ring (bicyclic) bond motifs is 1. The van der Waals surface area contributed by atoms with Crippen molar-refractivity contribution in [2.75, 3.05) is 26.4 Å². The molecule has 68 heavy (non-hydrogen) atoms. The van der Waals surface area contributed by atoms with Crippen LogP contribution in [0.4, 0.5) is 5.69 Å². The van der Waals surface area contributed by atoms with Crippen LogP contribution in [0.15, 0.2) is 47.7 Å². The summed E-state index contributed by atoms with van der Waals surface area (Å²) in [6.45, 7) is 15.0. The Morgan fingerprint density at radius 1 is 0.588 bits per heavy atom. The first-order chi connectivity index (χ1) is 33.1. The molecule has 0 atom stereocenters. The number of aromatic carboxylic acids is 1. The van der Waals surface area contributed by atoms with Crippen LogP contribution in [-0.4, -0.2) is 53.5 Å². The third kappa shape index (κ3) is 17.7. The second-order valence-electron chi connectivity index (χ2n) is 20.3. The highest BCUT2D eigenvalue weighted by Gasteiger charge is 2.46. The highest BCUT2D eigenvalue weighted by Crippen LogP contribution is 2.46. The highest BCUT2D eigenvalue weighted by molar-refractivity contribution is 6.40. The monoisotopic (exact) mass is 940 g/mol. The van der Waals surface area contributed by atoms with Gasteiger partial charge in [-0.05, 0) is 69.9 Å². The molecule has 1 aliphatic carbocycles. The summed E-state index contributed by atoms with van der Waals surface area (Å²) in [7, 11) is 0. The summed E-state index contributed by atoms with van der Waals surface area (Å²) in [5, 5.41) is 24.0. The van der Waals surface area contributed by atoms with E-state index in [9.17, 15) is 19.8 Å². The molecule has 0 amide bonds. The first-order valence-electron chi connectivity index (χ1n) is 27.9. The lowest BCUT2D eigenvalue weighted by molar-refractivity contribution is -0.433. The quantitative estimate of drug-likeness (QED) is 0.0403. The molecule has 0 aromatic heterocycles. The Labute approximate surface area is 413 Å². The second kappa shape index (κ2) is 31.9. The molecule has 1 N–H and O–H groups in total. The average Bonchev–Trinajstić information content (AvgIpc) is 3.55. The van der Waals surface area contributed by atoms with Gasteiger partial charge < -0.3 is 24.4 Å². The molecule has 0 unspecified atom stereocenters. The Balaban J connectivity index is 1.55. The van der Waals surface area contributed by atoms with Crippen LogP contribution in [0.1, 0.15) is 256 Å². The molecule has 0 saturated heterocycles. The van der Waals surface area contributed by atoms with E-state index in [2.05, 4.69) is 25.3 Å². The van der Waals surface area contributed by atoms with Crippen LogP contribution in [0, 0.1) is 0 Å². The predicted octanol–water partition coefficient (Wildman–Crippen LogP) is 16.0. The zero-order chi connectivity index (χ0) is 49.0. The minimum atomic E-state index is -0.990.